The van der Waals surface area contributed by atoms with Crippen LogP contribution in [0, 0.1) is 0 Å². The van der Waals surface area contributed by atoms with Crippen molar-refractivity contribution in [3.8, 4) is 0 Å². The van der Waals surface area contributed by atoms with Crippen LogP contribution in [-0.4, -0.2) is 12.6 Å². The number of azo groups is 1. The maximum atomic E-state index is 10.8. The molecule has 0 heterocycles. The predicted octanol–water partition coefficient (Wildman–Crippen LogP) is 2.48. The first kappa shape index (κ1) is 9.18. The summed E-state index contributed by atoms with van der Waals surface area (Å²) in [5.41, 5.74) is 0. The van der Waals surface area contributed by atoms with Crippen molar-refractivity contribution in [2.75, 3.05) is 0 Å². The van der Waals surface area contributed by atoms with Gasteiger partial charge < -0.3 is 0 Å². The van der Waals surface area contributed by atoms with Crippen LogP contribution in [0.4, 0.5) is 26.3 Å². The molecule has 2 nitrogen and oxygen atoms in total. The topological polar surface area (TPSA) is 24.7 Å². The zero-order valence-electron chi connectivity index (χ0n) is 4.16. The van der Waals surface area contributed by atoms with Crippen LogP contribution < -0.4 is 0 Å². The third kappa shape index (κ3) is 7.18. The van der Waals surface area contributed by atoms with Gasteiger partial charge in [0.15, 0.2) is 0 Å². The highest BCUT2D eigenvalue weighted by Crippen LogP contribution is 2.22. The predicted molar refractivity (Wildman–Crippen MR) is 17.0 cm³/mol. The molecule has 0 fully saturated rings. The summed E-state index contributed by atoms with van der Waals surface area (Å²) in [7, 11) is 0. The van der Waals surface area contributed by atoms with Crippen molar-refractivity contribution < 1.29 is 26.3 Å². The molecule has 0 saturated carbocycles. The Morgan fingerprint density at radius 3 is 0.900 bits per heavy atom. The lowest BCUT2D eigenvalue weighted by Crippen LogP contribution is -2.06. The highest BCUT2D eigenvalue weighted by molar-refractivity contribution is 4.42. The van der Waals surface area contributed by atoms with Gasteiger partial charge in [-0.2, -0.15) is 0 Å². The third-order valence-corrected chi connectivity index (χ3v) is 0.277. The van der Waals surface area contributed by atoms with Crippen molar-refractivity contribution in [1.29, 1.82) is 0 Å². The molecule has 0 N–H and O–H groups in total. The minimum Gasteiger partial charge on any atom is -0.148 e. The van der Waals surface area contributed by atoms with Crippen molar-refractivity contribution in [2.24, 2.45) is 10.2 Å². The number of rotatable bonds is 0. The largest absolute Gasteiger partial charge is 0.521 e. The molecule has 0 saturated heterocycles. The lowest BCUT2D eigenvalue weighted by molar-refractivity contribution is -0.161. The van der Waals surface area contributed by atoms with Crippen LogP contribution in [-0.2, 0) is 0 Å². The molecule has 0 spiro atoms. The van der Waals surface area contributed by atoms with E-state index in [0.29, 0.717) is 0 Å². The molecule has 0 aromatic heterocycles. The van der Waals surface area contributed by atoms with Crippen LogP contribution in [0.1, 0.15) is 0 Å². The quantitative estimate of drug-likeness (QED) is 0.300. The maximum Gasteiger partial charge on any atom is 0.521 e. The smallest absolute Gasteiger partial charge is 0.148 e. The van der Waals surface area contributed by atoms with Gasteiger partial charge in [-0.25, -0.2) is 0 Å². The lowest BCUT2D eigenvalue weighted by Gasteiger charge is -1.97. The fraction of sp³-hybridized carbons (Fsp3) is 1.00. The van der Waals surface area contributed by atoms with E-state index in [1.807, 2.05) is 0 Å². The van der Waals surface area contributed by atoms with Gasteiger partial charge >= 0.3 is 12.6 Å². The first-order valence-corrected chi connectivity index (χ1v) is 1.78. The van der Waals surface area contributed by atoms with Crippen LogP contribution >= 0.6 is 0 Å². The van der Waals surface area contributed by atoms with E-state index in [2.05, 4.69) is 0 Å². The summed E-state index contributed by atoms with van der Waals surface area (Å²) in [4.78, 5) is 0. The lowest BCUT2D eigenvalue weighted by atomic mass is 11.2. The van der Waals surface area contributed by atoms with E-state index in [1.54, 1.807) is 0 Å². The van der Waals surface area contributed by atoms with Crippen LogP contribution in [0.3, 0.4) is 0 Å². The zero-order chi connectivity index (χ0) is 8.41. The van der Waals surface area contributed by atoms with E-state index < -0.39 is 12.6 Å². The molecule has 0 rings (SSSR count). The summed E-state index contributed by atoms with van der Waals surface area (Å²) >= 11 is 0. The molecule has 0 atom stereocenters. The van der Waals surface area contributed by atoms with E-state index in [-0.39, 0.29) is 0 Å². The molecule has 0 aliphatic carbocycles. The van der Waals surface area contributed by atoms with E-state index in [0.717, 1.165) is 10.2 Å². The van der Waals surface area contributed by atoms with Crippen molar-refractivity contribution in [3.63, 3.8) is 0 Å². The van der Waals surface area contributed by atoms with Crippen LogP contribution in [0.15, 0.2) is 10.2 Å². The molecular formula is C2F6N2. The summed E-state index contributed by atoms with van der Waals surface area (Å²) in [5.74, 6) is 0. The molecule has 10 heavy (non-hydrogen) atoms. The summed E-state index contributed by atoms with van der Waals surface area (Å²) < 4.78 is 65.0. The zero-order valence-corrected chi connectivity index (χ0v) is 4.16. The molecule has 0 bridgehead atoms. The Morgan fingerprint density at radius 2 is 0.800 bits per heavy atom. The van der Waals surface area contributed by atoms with E-state index in [4.69, 9.17) is 0 Å². The fourth-order valence-corrected chi connectivity index (χ4v) is 0.113. The first-order valence-electron chi connectivity index (χ1n) is 1.78. The minimum absolute atomic E-state index is 1.03. The summed E-state index contributed by atoms with van der Waals surface area (Å²) in [6.07, 6.45) is -10.5. The highest BCUT2D eigenvalue weighted by atomic mass is 19.4. The standard InChI is InChI=1S/C2F6N2/c3-1(4,5)9-10-2(6,7)8. The van der Waals surface area contributed by atoms with Gasteiger partial charge in [-0.3, -0.25) is 0 Å². The molecule has 0 aromatic carbocycles. The average Bonchev–Trinajstić information content (AvgIpc) is 1.57. The number of hydrogen-bond acceptors (Lipinski definition) is 2. The second-order valence-electron chi connectivity index (χ2n) is 1.14. The Kier molecular flexibility index (Phi) is 2.23. The number of nitrogens with zero attached hydrogens (tertiary/aromatic N) is 2. The van der Waals surface area contributed by atoms with Crippen molar-refractivity contribution in [2.45, 2.75) is 12.6 Å². The Balaban J connectivity index is 4.01. The minimum atomic E-state index is -5.25. The monoisotopic (exact) mass is 166 g/mol. The Bertz CT molecular complexity index is 114. The first-order chi connectivity index (χ1) is 4.21. The van der Waals surface area contributed by atoms with Gasteiger partial charge in [-0.05, 0) is 0 Å². The van der Waals surface area contributed by atoms with Crippen LogP contribution in [0.2, 0.25) is 0 Å². The average molecular weight is 166 g/mol. The van der Waals surface area contributed by atoms with Gasteiger partial charge in [0.05, 0.1) is 0 Å². The number of halogens is 6. The second kappa shape index (κ2) is 2.43. The Morgan fingerprint density at radius 1 is 0.600 bits per heavy atom. The highest BCUT2D eigenvalue weighted by Gasteiger charge is 2.33. The van der Waals surface area contributed by atoms with Gasteiger partial charge in [0.2, 0.25) is 0 Å². The summed E-state index contributed by atoms with van der Waals surface area (Å²) in [6.45, 7) is 0. The van der Waals surface area contributed by atoms with E-state index in [9.17, 15) is 26.3 Å². The van der Waals surface area contributed by atoms with Gasteiger partial charge in [-0.1, -0.05) is 10.2 Å². The second-order valence-corrected chi connectivity index (χ2v) is 1.14. The van der Waals surface area contributed by atoms with Crippen molar-refractivity contribution in [1.82, 2.24) is 0 Å². The fourth-order valence-electron chi connectivity index (χ4n) is 0.113. The summed E-state index contributed by atoms with van der Waals surface area (Å²) in [5, 5.41) is 2.06. The number of alkyl halides is 6. The molecule has 0 aromatic rings. The van der Waals surface area contributed by atoms with E-state index >= 15 is 0 Å². The molecule has 60 valence electrons. The Hall–Kier alpha value is -0.820. The van der Waals surface area contributed by atoms with Crippen molar-refractivity contribution in [3.05, 3.63) is 0 Å². The Labute approximate surface area is 50.5 Å². The van der Waals surface area contributed by atoms with Gasteiger partial charge in [0, 0.05) is 0 Å². The number of hydrogen-bond donors (Lipinski definition) is 0. The molecular weight excluding hydrogens is 166 g/mol. The maximum absolute atomic E-state index is 10.8. The normalized spacial score (nSPS) is 14.6. The molecule has 0 aliphatic heterocycles. The van der Waals surface area contributed by atoms with Gasteiger partial charge in [-0.15, -0.1) is 26.3 Å². The molecule has 0 unspecified atom stereocenters. The summed E-state index contributed by atoms with van der Waals surface area (Å²) in [6, 6.07) is 0. The molecule has 8 heteroatoms. The van der Waals surface area contributed by atoms with Crippen molar-refractivity contribution >= 4 is 0 Å². The SMILES string of the molecule is FC(F)(F)N=NC(F)(F)F. The van der Waals surface area contributed by atoms with Gasteiger partial charge in [0.1, 0.15) is 0 Å². The van der Waals surface area contributed by atoms with Gasteiger partial charge in [0.25, 0.3) is 0 Å². The van der Waals surface area contributed by atoms with Crippen LogP contribution in [0.5, 0.6) is 0 Å². The molecule has 0 amide bonds. The van der Waals surface area contributed by atoms with Crippen LogP contribution in [0.25, 0.3) is 0 Å². The third-order valence-electron chi connectivity index (χ3n) is 0.277. The molecule has 0 radical (unpaired) electrons. The molecule has 0 aliphatic rings. The van der Waals surface area contributed by atoms with E-state index in [1.165, 1.54) is 0 Å².